The molecule has 0 radical (unpaired) electrons. The van der Waals surface area contributed by atoms with E-state index >= 15 is 0 Å². The van der Waals surface area contributed by atoms with Crippen molar-refractivity contribution in [3.05, 3.63) is 101 Å². The minimum absolute atomic E-state index is 0. The first-order chi connectivity index (χ1) is 15.1. The molecule has 1 aliphatic carbocycles. The van der Waals surface area contributed by atoms with Crippen molar-refractivity contribution in [1.82, 2.24) is 4.90 Å². The molecule has 1 N–H and O–H groups in total. The van der Waals surface area contributed by atoms with Gasteiger partial charge in [-0.25, -0.2) is 0 Å². The van der Waals surface area contributed by atoms with Gasteiger partial charge >= 0.3 is 5.97 Å². The van der Waals surface area contributed by atoms with Gasteiger partial charge in [0.25, 0.3) is 0 Å². The molecule has 3 aromatic carbocycles. The lowest BCUT2D eigenvalue weighted by Crippen LogP contribution is -2.35. The van der Waals surface area contributed by atoms with E-state index in [-0.39, 0.29) is 24.9 Å². The Balaban J connectivity index is 0.00000289. The lowest BCUT2D eigenvalue weighted by atomic mass is 9.71. The van der Waals surface area contributed by atoms with Crippen LogP contribution in [0.5, 0.6) is 5.75 Å². The standard InChI is InChI=1S/C27H29NO3.ClH/c1-28(18-26(29)30)17-23-13-12-22-16-24(31-19-20-8-4-2-5-9-20)14-15-25(22)27(23)21-10-6-3-7-11-21;/h2-11,14-16,23,27H,12-13,17-19H2,1H3,(H,29,30);1H/t23-,27+;/m1./s1. The largest absolute Gasteiger partial charge is 0.489 e. The molecular weight excluding hydrogens is 422 g/mol. The third-order valence-corrected chi connectivity index (χ3v) is 6.06. The number of carboxylic acid groups (broad SMARTS) is 1. The van der Waals surface area contributed by atoms with Gasteiger partial charge in [0.2, 0.25) is 0 Å². The Hall–Kier alpha value is -2.82. The number of nitrogens with zero attached hydrogens (tertiary/aromatic N) is 1. The smallest absolute Gasteiger partial charge is 0.317 e. The molecule has 32 heavy (non-hydrogen) atoms. The highest BCUT2D eigenvalue weighted by Gasteiger charge is 2.32. The Morgan fingerprint density at radius 2 is 1.72 bits per heavy atom. The minimum Gasteiger partial charge on any atom is -0.489 e. The summed E-state index contributed by atoms with van der Waals surface area (Å²) in [5.74, 6) is 0.741. The molecule has 5 heteroatoms. The van der Waals surface area contributed by atoms with Crippen molar-refractivity contribution in [3.63, 3.8) is 0 Å². The summed E-state index contributed by atoms with van der Waals surface area (Å²) in [4.78, 5) is 13.1. The van der Waals surface area contributed by atoms with E-state index in [0.29, 0.717) is 12.5 Å². The van der Waals surface area contributed by atoms with Crippen LogP contribution in [0.3, 0.4) is 0 Å². The quantitative estimate of drug-likeness (QED) is 0.498. The molecule has 4 rings (SSSR count). The van der Waals surface area contributed by atoms with Crippen molar-refractivity contribution in [1.29, 1.82) is 0 Å². The van der Waals surface area contributed by atoms with Gasteiger partial charge in [-0.2, -0.15) is 0 Å². The van der Waals surface area contributed by atoms with Gasteiger partial charge in [-0.15, -0.1) is 12.4 Å². The molecule has 0 fully saturated rings. The van der Waals surface area contributed by atoms with Crippen LogP contribution in [0.15, 0.2) is 78.9 Å². The van der Waals surface area contributed by atoms with Crippen LogP contribution >= 0.6 is 12.4 Å². The van der Waals surface area contributed by atoms with Crippen LogP contribution in [-0.4, -0.2) is 36.1 Å². The molecule has 3 aromatic rings. The fourth-order valence-corrected chi connectivity index (χ4v) is 4.70. The molecule has 4 nitrogen and oxygen atoms in total. The first-order valence-electron chi connectivity index (χ1n) is 10.8. The van der Waals surface area contributed by atoms with Crippen molar-refractivity contribution >= 4 is 18.4 Å². The monoisotopic (exact) mass is 451 g/mol. The molecule has 1 aliphatic rings. The number of carboxylic acids is 1. The zero-order valence-corrected chi connectivity index (χ0v) is 19.1. The molecule has 0 aromatic heterocycles. The average Bonchev–Trinajstić information content (AvgIpc) is 2.78. The summed E-state index contributed by atoms with van der Waals surface area (Å²) in [6.45, 7) is 1.39. The summed E-state index contributed by atoms with van der Waals surface area (Å²) in [7, 11) is 1.90. The number of ether oxygens (including phenoxy) is 1. The molecule has 0 spiro atoms. The Bertz CT molecular complexity index is 1010. The summed E-state index contributed by atoms with van der Waals surface area (Å²) in [5, 5.41) is 9.16. The van der Waals surface area contributed by atoms with Crippen LogP contribution in [0, 0.1) is 5.92 Å². The van der Waals surface area contributed by atoms with E-state index in [1.54, 1.807) is 0 Å². The SMILES string of the molecule is CN(CC(=O)O)C[C@H]1CCc2cc(OCc3ccccc3)ccc2[C@H]1c1ccccc1.Cl. The molecule has 0 aliphatic heterocycles. The summed E-state index contributed by atoms with van der Waals surface area (Å²) in [6.07, 6.45) is 2.01. The number of fused-ring (bicyclic) bond motifs is 1. The van der Waals surface area contributed by atoms with Crippen LogP contribution in [0.4, 0.5) is 0 Å². The second-order valence-corrected chi connectivity index (χ2v) is 8.41. The van der Waals surface area contributed by atoms with Crippen molar-refractivity contribution < 1.29 is 14.6 Å². The van der Waals surface area contributed by atoms with Crippen LogP contribution in [0.1, 0.15) is 34.6 Å². The predicted octanol–water partition coefficient (Wildman–Crippen LogP) is 5.40. The highest BCUT2D eigenvalue weighted by atomic mass is 35.5. The molecule has 2 atom stereocenters. The maximum atomic E-state index is 11.1. The van der Waals surface area contributed by atoms with Crippen molar-refractivity contribution in [2.75, 3.05) is 20.1 Å². The van der Waals surface area contributed by atoms with Crippen LogP contribution in [-0.2, 0) is 17.8 Å². The molecule has 0 saturated heterocycles. The highest BCUT2D eigenvalue weighted by molar-refractivity contribution is 5.85. The molecule has 0 amide bonds. The van der Waals surface area contributed by atoms with Crippen LogP contribution in [0.2, 0.25) is 0 Å². The minimum atomic E-state index is -0.782. The number of carbonyl (C=O) groups is 1. The average molecular weight is 452 g/mol. The van der Waals surface area contributed by atoms with Crippen molar-refractivity contribution in [2.45, 2.75) is 25.4 Å². The normalized spacial score (nSPS) is 17.3. The third-order valence-electron chi connectivity index (χ3n) is 6.06. The summed E-state index contributed by atoms with van der Waals surface area (Å²) in [5.41, 5.74) is 5.11. The van der Waals surface area contributed by atoms with E-state index in [4.69, 9.17) is 9.84 Å². The van der Waals surface area contributed by atoms with Crippen molar-refractivity contribution in [3.8, 4) is 5.75 Å². The zero-order chi connectivity index (χ0) is 21.6. The summed E-state index contributed by atoms with van der Waals surface area (Å²) in [6, 6.07) is 27.2. The first-order valence-corrected chi connectivity index (χ1v) is 10.8. The summed E-state index contributed by atoms with van der Waals surface area (Å²) < 4.78 is 6.06. The maximum Gasteiger partial charge on any atom is 0.317 e. The zero-order valence-electron chi connectivity index (χ0n) is 18.3. The van der Waals surface area contributed by atoms with E-state index in [0.717, 1.165) is 30.7 Å². The number of hydrogen-bond donors (Lipinski definition) is 1. The van der Waals surface area contributed by atoms with Gasteiger partial charge in [0.15, 0.2) is 0 Å². The molecule has 0 unspecified atom stereocenters. The Morgan fingerprint density at radius 1 is 1.03 bits per heavy atom. The number of halogens is 1. The molecule has 0 saturated carbocycles. The first kappa shape index (κ1) is 23.8. The van der Waals surface area contributed by atoms with Gasteiger partial charge in [0, 0.05) is 12.5 Å². The van der Waals surface area contributed by atoms with Gasteiger partial charge in [-0.1, -0.05) is 66.7 Å². The van der Waals surface area contributed by atoms with Gasteiger partial charge < -0.3 is 9.84 Å². The van der Waals surface area contributed by atoms with Crippen molar-refractivity contribution in [2.24, 2.45) is 5.92 Å². The van der Waals surface area contributed by atoms with Crippen LogP contribution in [0.25, 0.3) is 0 Å². The molecule has 168 valence electrons. The second-order valence-electron chi connectivity index (χ2n) is 8.41. The predicted molar refractivity (Wildman–Crippen MR) is 130 cm³/mol. The molecular formula is C27H30ClNO3. The van der Waals surface area contributed by atoms with Crippen LogP contribution < -0.4 is 4.74 Å². The number of hydrogen-bond acceptors (Lipinski definition) is 3. The Labute approximate surface area is 196 Å². The summed E-state index contributed by atoms with van der Waals surface area (Å²) >= 11 is 0. The highest BCUT2D eigenvalue weighted by Crippen LogP contribution is 2.42. The second kappa shape index (κ2) is 11.2. The lowest BCUT2D eigenvalue weighted by molar-refractivity contribution is -0.138. The number of likely N-dealkylation sites (N-methyl/N-ethyl adjacent to an activating group) is 1. The fraction of sp³-hybridized carbons (Fsp3) is 0.296. The number of aryl methyl sites for hydroxylation is 1. The van der Waals surface area contributed by atoms with E-state index in [9.17, 15) is 4.79 Å². The van der Waals surface area contributed by atoms with E-state index in [1.165, 1.54) is 16.7 Å². The number of aliphatic carboxylic acids is 1. The number of rotatable bonds is 8. The van der Waals surface area contributed by atoms with E-state index in [2.05, 4.69) is 54.6 Å². The van der Waals surface area contributed by atoms with E-state index in [1.807, 2.05) is 36.2 Å². The molecule has 0 bridgehead atoms. The number of benzene rings is 3. The van der Waals surface area contributed by atoms with Gasteiger partial charge in [-0.05, 0) is 60.2 Å². The fourth-order valence-electron chi connectivity index (χ4n) is 4.70. The maximum absolute atomic E-state index is 11.1. The topological polar surface area (TPSA) is 49.8 Å². The van der Waals surface area contributed by atoms with Gasteiger partial charge in [0.1, 0.15) is 12.4 Å². The Kier molecular flexibility index (Phi) is 8.32. The van der Waals surface area contributed by atoms with E-state index < -0.39 is 5.97 Å². The van der Waals surface area contributed by atoms with Gasteiger partial charge in [-0.3, -0.25) is 9.69 Å². The lowest BCUT2D eigenvalue weighted by Gasteiger charge is -2.36. The molecule has 0 heterocycles. The Morgan fingerprint density at radius 3 is 2.41 bits per heavy atom. The third kappa shape index (κ3) is 5.90. The van der Waals surface area contributed by atoms with Gasteiger partial charge in [0.05, 0.1) is 6.54 Å².